The summed E-state index contributed by atoms with van der Waals surface area (Å²) in [7, 11) is 1.94. The van der Waals surface area contributed by atoms with Gasteiger partial charge in [0.05, 0.1) is 0 Å². The molecule has 1 aromatic rings. The van der Waals surface area contributed by atoms with E-state index in [0.29, 0.717) is 0 Å². The van der Waals surface area contributed by atoms with Crippen LogP contribution in [0.5, 0.6) is 0 Å². The average Bonchev–Trinajstić information content (AvgIpc) is 2.39. The van der Waals surface area contributed by atoms with Crippen LogP contribution in [-0.4, -0.2) is 30.1 Å². The number of aromatic nitrogens is 2. The second-order valence-corrected chi connectivity index (χ2v) is 5.36. The van der Waals surface area contributed by atoms with Crippen molar-refractivity contribution in [2.75, 3.05) is 30.4 Å². The first kappa shape index (κ1) is 14.1. The van der Waals surface area contributed by atoms with Gasteiger partial charge >= 0.3 is 0 Å². The summed E-state index contributed by atoms with van der Waals surface area (Å²) >= 11 is 0. The third kappa shape index (κ3) is 3.17. The molecule has 4 heteroatoms. The number of anilines is 2. The number of rotatable bonds is 7. The van der Waals surface area contributed by atoms with Gasteiger partial charge < -0.3 is 10.2 Å². The lowest BCUT2D eigenvalue weighted by molar-refractivity contribution is 0.318. The summed E-state index contributed by atoms with van der Waals surface area (Å²) in [6, 6.07) is 0. The highest BCUT2D eigenvalue weighted by Gasteiger charge is 2.23. The smallest absolute Gasteiger partial charge is 0.137 e. The molecule has 1 aliphatic rings. The number of nitrogens with zero attached hydrogens (tertiary/aromatic N) is 3. The van der Waals surface area contributed by atoms with E-state index in [4.69, 9.17) is 0 Å². The van der Waals surface area contributed by atoms with Crippen LogP contribution in [0.25, 0.3) is 0 Å². The summed E-state index contributed by atoms with van der Waals surface area (Å²) in [6.07, 6.45) is 8.00. The Morgan fingerprint density at radius 2 is 2.11 bits per heavy atom. The average molecular weight is 262 g/mol. The van der Waals surface area contributed by atoms with Gasteiger partial charge in [0.25, 0.3) is 0 Å². The van der Waals surface area contributed by atoms with E-state index in [9.17, 15) is 0 Å². The minimum Gasteiger partial charge on any atom is -0.373 e. The van der Waals surface area contributed by atoms with Crippen LogP contribution < -0.4 is 10.2 Å². The van der Waals surface area contributed by atoms with Crippen molar-refractivity contribution < 1.29 is 0 Å². The van der Waals surface area contributed by atoms with Gasteiger partial charge in [0.1, 0.15) is 18.0 Å². The summed E-state index contributed by atoms with van der Waals surface area (Å²) in [5, 5.41) is 3.20. The van der Waals surface area contributed by atoms with Gasteiger partial charge in [-0.05, 0) is 32.1 Å². The molecule has 0 spiro atoms. The molecule has 0 unspecified atom stereocenters. The molecule has 0 radical (unpaired) electrons. The molecule has 0 saturated heterocycles. The fourth-order valence-corrected chi connectivity index (χ4v) is 2.72. The zero-order chi connectivity index (χ0) is 13.7. The van der Waals surface area contributed by atoms with Crippen LogP contribution in [-0.2, 0) is 6.42 Å². The largest absolute Gasteiger partial charge is 0.373 e. The van der Waals surface area contributed by atoms with Crippen molar-refractivity contribution in [2.24, 2.45) is 5.92 Å². The van der Waals surface area contributed by atoms with Crippen LogP contribution in [0.2, 0.25) is 0 Å². The Bertz CT molecular complexity index is 401. The second-order valence-electron chi connectivity index (χ2n) is 5.36. The first-order valence-electron chi connectivity index (χ1n) is 7.56. The maximum absolute atomic E-state index is 4.56. The van der Waals surface area contributed by atoms with Crippen LogP contribution in [0.15, 0.2) is 6.33 Å². The fraction of sp³-hybridized carbons (Fsp3) is 0.733. The fourth-order valence-electron chi connectivity index (χ4n) is 2.72. The highest BCUT2D eigenvalue weighted by atomic mass is 15.2. The Hall–Kier alpha value is -1.32. The highest BCUT2D eigenvalue weighted by molar-refractivity contribution is 5.58. The molecule has 106 valence electrons. The van der Waals surface area contributed by atoms with Crippen molar-refractivity contribution in [3.63, 3.8) is 0 Å². The normalized spacial score (nSPS) is 15.1. The molecule has 2 rings (SSSR count). The first-order valence-corrected chi connectivity index (χ1v) is 7.56. The van der Waals surface area contributed by atoms with E-state index >= 15 is 0 Å². The van der Waals surface area contributed by atoms with Crippen LogP contribution >= 0.6 is 0 Å². The third-order valence-electron chi connectivity index (χ3n) is 4.04. The topological polar surface area (TPSA) is 41.1 Å². The van der Waals surface area contributed by atoms with Gasteiger partial charge in [0, 0.05) is 25.7 Å². The van der Waals surface area contributed by atoms with Crippen molar-refractivity contribution in [1.82, 2.24) is 9.97 Å². The SMILES string of the molecule is CCCc1c(NC)ncnc1N(CC)CC1CCC1. The van der Waals surface area contributed by atoms with Crippen molar-refractivity contribution in [3.05, 3.63) is 11.9 Å². The maximum atomic E-state index is 4.56. The van der Waals surface area contributed by atoms with E-state index in [2.05, 4.69) is 34.0 Å². The van der Waals surface area contributed by atoms with Crippen LogP contribution in [0.1, 0.15) is 45.1 Å². The summed E-state index contributed by atoms with van der Waals surface area (Å²) in [6.45, 7) is 6.59. The third-order valence-corrected chi connectivity index (χ3v) is 4.04. The zero-order valence-corrected chi connectivity index (χ0v) is 12.4. The predicted octanol–water partition coefficient (Wildman–Crippen LogP) is 3.10. The Labute approximate surface area is 116 Å². The minimum absolute atomic E-state index is 0.863. The van der Waals surface area contributed by atoms with Gasteiger partial charge in [-0.1, -0.05) is 19.8 Å². The molecule has 1 saturated carbocycles. The van der Waals surface area contributed by atoms with Crippen LogP contribution in [0.3, 0.4) is 0 Å². The molecule has 0 atom stereocenters. The van der Waals surface area contributed by atoms with Crippen molar-refractivity contribution in [3.8, 4) is 0 Å². The quantitative estimate of drug-likeness (QED) is 0.820. The van der Waals surface area contributed by atoms with E-state index in [1.807, 2.05) is 7.05 Å². The van der Waals surface area contributed by atoms with Gasteiger partial charge in [0.15, 0.2) is 0 Å². The molecule has 1 aliphatic carbocycles. The molecule has 0 aliphatic heterocycles. The minimum atomic E-state index is 0.863. The molecule has 0 bridgehead atoms. The predicted molar refractivity (Wildman–Crippen MR) is 80.8 cm³/mol. The monoisotopic (exact) mass is 262 g/mol. The van der Waals surface area contributed by atoms with Crippen molar-refractivity contribution in [1.29, 1.82) is 0 Å². The highest BCUT2D eigenvalue weighted by Crippen LogP contribution is 2.31. The van der Waals surface area contributed by atoms with Crippen LogP contribution in [0, 0.1) is 5.92 Å². The molecule has 19 heavy (non-hydrogen) atoms. The summed E-state index contributed by atoms with van der Waals surface area (Å²) in [5.74, 6) is 2.98. The van der Waals surface area contributed by atoms with Crippen LogP contribution in [0.4, 0.5) is 11.6 Å². The first-order chi connectivity index (χ1) is 9.30. The van der Waals surface area contributed by atoms with E-state index in [1.165, 1.54) is 24.8 Å². The maximum Gasteiger partial charge on any atom is 0.137 e. The molecule has 4 nitrogen and oxygen atoms in total. The summed E-state index contributed by atoms with van der Waals surface area (Å²) < 4.78 is 0. The Morgan fingerprint density at radius 1 is 1.32 bits per heavy atom. The Balaban J connectivity index is 2.23. The second kappa shape index (κ2) is 6.73. The van der Waals surface area contributed by atoms with Gasteiger partial charge in [-0.3, -0.25) is 0 Å². The van der Waals surface area contributed by atoms with E-state index < -0.39 is 0 Å². The lowest BCUT2D eigenvalue weighted by atomic mass is 9.85. The number of hydrogen-bond donors (Lipinski definition) is 1. The zero-order valence-electron chi connectivity index (χ0n) is 12.4. The van der Waals surface area contributed by atoms with E-state index in [0.717, 1.165) is 43.5 Å². The van der Waals surface area contributed by atoms with E-state index in [-0.39, 0.29) is 0 Å². The van der Waals surface area contributed by atoms with Gasteiger partial charge in [-0.15, -0.1) is 0 Å². The van der Waals surface area contributed by atoms with Gasteiger partial charge in [-0.25, -0.2) is 9.97 Å². The number of hydrogen-bond acceptors (Lipinski definition) is 4. The molecule has 1 fully saturated rings. The molecule has 1 aromatic heterocycles. The molecule has 0 amide bonds. The standard InChI is InChI=1S/C15H26N4/c1-4-7-13-14(16-3)17-11-18-15(13)19(5-2)10-12-8-6-9-12/h11-12H,4-10H2,1-3H3,(H,16,17,18). The Morgan fingerprint density at radius 3 is 2.63 bits per heavy atom. The Kier molecular flexibility index (Phi) is 5.00. The summed E-state index contributed by atoms with van der Waals surface area (Å²) in [5.41, 5.74) is 1.27. The van der Waals surface area contributed by atoms with Crippen molar-refractivity contribution >= 4 is 11.6 Å². The summed E-state index contributed by atoms with van der Waals surface area (Å²) in [4.78, 5) is 11.3. The molecule has 1 N–H and O–H groups in total. The molecular formula is C15H26N4. The lowest BCUT2D eigenvalue weighted by Crippen LogP contribution is -2.34. The number of nitrogens with one attached hydrogen (secondary N) is 1. The lowest BCUT2D eigenvalue weighted by Gasteiger charge is -2.33. The van der Waals surface area contributed by atoms with Gasteiger partial charge in [-0.2, -0.15) is 0 Å². The molecular weight excluding hydrogens is 236 g/mol. The molecule has 0 aromatic carbocycles. The van der Waals surface area contributed by atoms with Gasteiger partial charge in [0.2, 0.25) is 0 Å². The van der Waals surface area contributed by atoms with E-state index in [1.54, 1.807) is 6.33 Å². The van der Waals surface area contributed by atoms with Crippen molar-refractivity contribution in [2.45, 2.75) is 46.0 Å². The molecule has 1 heterocycles.